The van der Waals surface area contributed by atoms with Crippen molar-refractivity contribution in [1.29, 1.82) is 0 Å². The number of aliphatic hydroxyl groups excluding tert-OH is 2. The van der Waals surface area contributed by atoms with Crippen molar-refractivity contribution in [2.45, 2.75) is 62.6 Å². The number of hydrogen-bond acceptors (Lipinski definition) is 9. The number of likely N-dealkylation sites (N-methyl/N-ethyl adjacent to an activating group) is 1. The van der Waals surface area contributed by atoms with Crippen LogP contribution in [0, 0.1) is 5.92 Å². The van der Waals surface area contributed by atoms with Gasteiger partial charge in [0.15, 0.2) is 6.23 Å². The van der Waals surface area contributed by atoms with Crippen LogP contribution in [0.1, 0.15) is 31.3 Å². The molecule has 4 atom stereocenters. The normalized spacial score (nSPS) is 27.1. The average Bonchev–Trinajstić information content (AvgIpc) is 3.54. The number of imidazole rings is 1. The number of nitrogens with zero attached hydrogens (tertiary/aromatic N) is 5. The quantitative estimate of drug-likeness (QED) is 0.255. The van der Waals surface area contributed by atoms with Gasteiger partial charge in [-0.2, -0.15) is 0 Å². The predicted molar refractivity (Wildman–Crippen MR) is 138 cm³/mol. The number of fused-ring (bicyclic) bond motifs is 2. The number of H-pyrrole nitrogens is 1. The van der Waals surface area contributed by atoms with Gasteiger partial charge >= 0.3 is 6.36 Å². The Morgan fingerprint density at radius 2 is 2.00 bits per heavy atom. The molecule has 11 nitrogen and oxygen atoms in total. The van der Waals surface area contributed by atoms with E-state index in [-0.39, 0.29) is 5.75 Å². The molecule has 4 aromatic rings. The van der Waals surface area contributed by atoms with Crippen molar-refractivity contribution in [3.05, 3.63) is 42.6 Å². The van der Waals surface area contributed by atoms with Gasteiger partial charge in [-0.15, -0.1) is 13.2 Å². The van der Waals surface area contributed by atoms with Crippen LogP contribution >= 0.6 is 0 Å². The molecule has 0 radical (unpaired) electrons. The lowest BCUT2D eigenvalue weighted by atomic mass is 9.76. The number of nitrogen functional groups attached to an aromatic ring is 1. The van der Waals surface area contributed by atoms with E-state index < -0.39 is 30.9 Å². The van der Waals surface area contributed by atoms with E-state index in [1.165, 1.54) is 24.5 Å². The lowest BCUT2D eigenvalue weighted by Crippen LogP contribution is -2.47. The van der Waals surface area contributed by atoms with E-state index in [0.29, 0.717) is 52.8 Å². The first kappa shape index (κ1) is 26.7. The summed E-state index contributed by atoms with van der Waals surface area (Å²) >= 11 is 0. The molecule has 0 amide bonds. The first-order valence-electron chi connectivity index (χ1n) is 13.1. The van der Waals surface area contributed by atoms with Crippen molar-refractivity contribution < 1.29 is 32.9 Å². The maximum atomic E-state index is 12.5. The van der Waals surface area contributed by atoms with E-state index in [1.54, 1.807) is 16.8 Å². The molecule has 0 unspecified atom stereocenters. The molecule has 14 heteroatoms. The Hall–Kier alpha value is -3.46. The van der Waals surface area contributed by atoms with Gasteiger partial charge in [-0.3, -0.25) is 0 Å². The van der Waals surface area contributed by atoms with Crippen molar-refractivity contribution in [3.63, 3.8) is 0 Å². The molecule has 6 rings (SSSR count). The van der Waals surface area contributed by atoms with E-state index in [4.69, 9.17) is 10.5 Å². The number of benzene rings is 1. The van der Waals surface area contributed by atoms with Gasteiger partial charge in [0.1, 0.15) is 47.7 Å². The van der Waals surface area contributed by atoms with Gasteiger partial charge in [0.25, 0.3) is 0 Å². The number of halogens is 3. The number of ether oxygens (including phenoxy) is 2. The van der Waals surface area contributed by atoms with Crippen LogP contribution in [0.15, 0.2) is 36.8 Å². The highest BCUT2D eigenvalue weighted by Gasteiger charge is 2.45. The Balaban J connectivity index is 0.999. The number of hydrogen-bond donors (Lipinski definition) is 4. The lowest BCUT2D eigenvalue weighted by molar-refractivity contribution is -0.274. The first-order chi connectivity index (χ1) is 19.1. The number of aliphatic hydroxyl groups is 2. The summed E-state index contributed by atoms with van der Waals surface area (Å²) in [5.74, 6) is 1.25. The van der Waals surface area contributed by atoms with Crippen LogP contribution in [0.2, 0.25) is 0 Å². The standard InChI is InChI=1S/C26H30F3N7O4/c1-35(11-19-21(37)22(38)25(39-19)36-7-6-16-23(30)31-12-32-24(16)36)14-8-13(9-14)2-5-20-33-17-4-3-15(10-18(17)34-20)40-26(27,28)29/h3-4,6-7,10,12-14,19,21-22,25,37-38H,2,5,8-9,11H2,1H3,(H,33,34)(H2,30,31,32)/t13?,14?,19-,21+,22+,25-/m1/s1. The minimum absolute atomic E-state index is 0.282. The number of anilines is 1. The zero-order chi connectivity index (χ0) is 28.2. The van der Waals surface area contributed by atoms with Gasteiger partial charge in [0, 0.05) is 31.3 Å². The van der Waals surface area contributed by atoms with Crippen molar-refractivity contribution in [2.24, 2.45) is 5.92 Å². The van der Waals surface area contributed by atoms with Crippen LogP contribution in [0.5, 0.6) is 5.75 Å². The molecule has 3 aromatic heterocycles. The van der Waals surface area contributed by atoms with Crippen LogP contribution in [-0.4, -0.2) is 83.9 Å². The summed E-state index contributed by atoms with van der Waals surface area (Å²) in [5.41, 5.74) is 7.54. The summed E-state index contributed by atoms with van der Waals surface area (Å²) in [7, 11) is 1.98. The Kier molecular flexibility index (Phi) is 6.81. The largest absolute Gasteiger partial charge is 0.573 e. The van der Waals surface area contributed by atoms with Gasteiger partial charge in [0.05, 0.1) is 16.4 Å². The molecule has 4 heterocycles. The van der Waals surface area contributed by atoms with Crippen molar-refractivity contribution >= 4 is 27.9 Å². The molecule has 1 aliphatic carbocycles. The summed E-state index contributed by atoms with van der Waals surface area (Å²) < 4.78 is 49.2. The Bertz CT molecular complexity index is 1500. The Labute approximate surface area is 226 Å². The summed E-state index contributed by atoms with van der Waals surface area (Å²) in [6.45, 7) is 0.453. The molecule has 2 fully saturated rings. The second-order valence-electron chi connectivity index (χ2n) is 10.6. The number of alkyl halides is 3. The second kappa shape index (κ2) is 10.2. The van der Waals surface area contributed by atoms with Crippen LogP contribution in [0.25, 0.3) is 22.1 Å². The van der Waals surface area contributed by atoms with Crippen molar-refractivity contribution in [2.75, 3.05) is 19.3 Å². The Morgan fingerprint density at radius 1 is 1.20 bits per heavy atom. The second-order valence-corrected chi connectivity index (χ2v) is 10.6. The van der Waals surface area contributed by atoms with E-state index in [9.17, 15) is 23.4 Å². The van der Waals surface area contributed by atoms with Gasteiger partial charge < -0.3 is 39.9 Å². The van der Waals surface area contributed by atoms with Gasteiger partial charge in [-0.25, -0.2) is 15.0 Å². The molecular formula is C26H30F3N7O4. The highest BCUT2D eigenvalue weighted by Crippen LogP contribution is 2.37. The molecule has 5 N–H and O–H groups in total. The van der Waals surface area contributed by atoms with E-state index in [2.05, 4.69) is 29.6 Å². The molecule has 0 bridgehead atoms. The molecule has 1 aromatic carbocycles. The third kappa shape index (κ3) is 5.19. The number of nitrogens with two attached hydrogens (primary N) is 1. The summed E-state index contributed by atoms with van der Waals surface area (Å²) in [6, 6.07) is 6.13. The molecule has 1 aliphatic heterocycles. The third-order valence-electron chi connectivity index (χ3n) is 7.98. The van der Waals surface area contributed by atoms with Crippen molar-refractivity contribution in [3.8, 4) is 5.75 Å². The maximum absolute atomic E-state index is 12.5. The highest BCUT2D eigenvalue weighted by molar-refractivity contribution is 5.86. The monoisotopic (exact) mass is 561 g/mol. The first-order valence-corrected chi connectivity index (χ1v) is 13.1. The molecule has 214 valence electrons. The van der Waals surface area contributed by atoms with Crippen molar-refractivity contribution in [1.82, 2.24) is 29.4 Å². The van der Waals surface area contributed by atoms with Gasteiger partial charge in [-0.1, -0.05) is 0 Å². The summed E-state index contributed by atoms with van der Waals surface area (Å²) in [6.07, 6.45) is -1.73. The zero-order valence-electron chi connectivity index (χ0n) is 21.6. The Morgan fingerprint density at radius 3 is 2.77 bits per heavy atom. The molecule has 1 saturated carbocycles. The van der Waals surface area contributed by atoms with E-state index in [0.717, 1.165) is 25.1 Å². The smallest absolute Gasteiger partial charge is 0.406 e. The summed E-state index contributed by atoms with van der Waals surface area (Å²) in [4.78, 5) is 18.0. The number of aryl methyl sites for hydroxylation is 1. The highest BCUT2D eigenvalue weighted by atomic mass is 19.4. The average molecular weight is 562 g/mol. The lowest BCUT2D eigenvalue weighted by Gasteiger charge is -2.42. The minimum atomic E-state index is -4.74. The predicted octanol–water partition coefficient (Wildman–Crippen LogP) is 2.75. The van der Waals surface area contributed by atoms with Gasteiger partial charge in [0.2, 0.25) is 0 Å². The van der Waals surface area contributed by atoms with Crippen LogP contribution in [0.3, 0.4) is 0 Å². The maximum Gasteiger partial charge on any atom is 0.573 e. The topological polar surface area (TPSA) is 148 Å². The molecule has 2 aliphatic rings. The van der Waals surface area contributed by atoms with E-state index >= 15 is 0 Å². The summed E-state index contributed by atoms with van der Waals surface area (Å²) in [5, 5.41) is 22.1. The van der Waals surface area contributed by atoms with Crippen LogP contribution in [-0.2, 0) is 11.2 Å². The molecule has 0 spiro atoms. The fourth-order valence-corrected chi connectivity index (χ4v) is 5.73. The minimum Gasteiger partial charge on any atom is -0.406 e. The number of rotatable bonds is 8. The van der Waals surface area contributed by atoms with Gasteiger partial charge in [-0.05, 0) is 50.4 Å². The number of aromatic nitrogens is 5. The van der Waals surface area contributed by atoms with Crippen LogP contribution < -0.4 is 10.5 Å². The fraction of sp³-hybridized carbons (Fsp3) is 0.500. The third-order valence-corrected chi connectivity index (χ3v) is 7.98. The van der Waals surface area contributed by atoms with Crippen LogP contribution in [0.4, 0.5) is 19.0 Å². The fourth-order valence-electron chi connectivity index (χ4n) is 5.73. The number of aromatic amines is 1. The number of nitrogens with one attached hydrogen (secondary N) is 1. The van der Waals surface area contributed by atoms with E-state index in [1.807, 2.05) is 7.05 Å². The molecule has 1 saturated heterocycles. The SMILES string of the molecule is CN(C[C@H]1O[C@@H](n2ccc3c(N)ncnc32)[C@@H](O)[C@H]1O)C1CC(CCc2nc3ccc(OC(F)(F)F)cc3[nH]2)C1. The zero-order valence-corrected chi connectivity index (χ0v) is 21.6. The molecule has 40 heavy (non-hydrogen) atoms. The molecular weight excluding hydrogens is 531 g/mol.